The normalized spacial score (nSPS) is 20.4. The van der Waals surface area contributed by atoms with E-state index in [1.54, 1.807) is 10.4 Å². The Morgan fingerprint density at radius 2 is 2.10 bits per heavy atom. The molecule has 1 saturated heterocycles. The van der Waals surface area contributed by atoms with Crippen LogP contribution in [0.15, 0.2) is 23.1 Å². The topological polar surface area (TPSA) is 49.4 Å². The van der Waals surface area contributed by atoms with Gasteiger partial charge in [-0.1, -0.05) is 13.0 Å². The average Bonchev–Trinajstić information content (AvgIpc) is 2.86. The van der Waals surface area contributed by atoms with Crippen molar-refractivity contribution in [1.82, 2.24) is 9.62 Å². The zero-order valence-electron chi connectivity index (χ0n) is 12.5. The molecule has 0 spiro atoms. The summed E-state index contributed by atoms with van der Waals surface area (Å²) >= 11 is 0. The molecule has 4 nitrogen and oxygen atoms in total. The number of rotatable bonds is 5. The van der Waals surface area contributed by atoms with Crippen LogP contribution in [0.3, 0.4) is 0 Å². The summed E-state index contributed by atoms with van der Waals surface area (Å²) in [4.78, 5) is 0.425. The van der Waals surface area contributed by atoms with E-state index in [0.29, 0.717) is 18.0 Å². The molecule has 0 radical (unpaired) electrons. The molecule has 1 aromatic rings. The third-order valence-electron chi connectivity index (χ3n) is 4.02. The van der Waals surface area contributed by atoms with Crippen LogP contribution in [0.2, 0.25) is 0 Å². The molecule has 1 N–H and O–H groups in total. The van der Waals surface area contributed by atoms with Gasteiger partial charge in [-0.3, -0.25) is 0 Å². The average molecular weight is 296 g/mol. The van der Waals surface area contributed by atoms with E-state index in [2.05, 4.69) is 12.2 Å². The Hall–Kier alpha value is -0.910. The molecule has 1 fully saturated rings. The third-order valence-corrected chi connectivity index (χ3v) is 6.03. The lowest BCUT2D eigenvalue weighted by molar-refractivity contribution is 0.408. The highest BCUT2D eigenvalue weighted by atomic mass is 32.2. The Balaban J connectivity index is 2.39. The Labute approximate surface area is 122 Å². The van der Waals surface area contributed by atoms with E-state index >= 15 is 0 Å². The van der Waals surface area contributed by atoms with Gasteiger partial charge in [0.15, 0.2) is 0 Å². The first-order valence-electron chi connectivity index (χ1n) is 7.29. The van der Waals surface area contributed by atoms with E-state index in [0.717, 1.165) is 24.8 Å². The zero-order chi connectivity index (χ0) is 14.8. The van der Waals surface area contributed by atoms with Crippen LogP contribution in [0.4, 0.5) is 0 Å². The molecule has 1 aromatic carbocycles. The maximum atomic E-state index is 12.7. The van der Waals surface area contributed by atoms with Gasteiger partial charge in [-0.2, -0.15) is 4.31 Å². The van der Waals surface area contributed by atoms with E-state index in [4.69, 9.17) is 0 Å². The monoisotopic (exact) mass is 296 g/mol. The summed E-state index contributed by atoms with van der Waals surface area (Å²) in [5, 5.41) is 3.11. The Morgan fingerprint density at radius 3 is 2.65 bits per heavy atom. The Kier molecular flexibility index (Phi) is 4.83. The van der Waals surface area contributed by atoms with Crippen molar-refractivity contribution < 1.29 is 8.42 Å². The van der Waals surface area contributed by atoms with Crippen LogP contribution in [0.25, 0.3) is 0 Å². The van der Waals surface area contributed by atoms with E-state index in [-0.39, 0.29) is 6.04 Å². The predicted octanol–water partition coefficient (Wildman–Crippen LogP) is 2.14. The van der Waals surface area contributed by atoms with E-state index < -0.39 is 10.0 Å². The summed E-state index contributed by atoms with van der Waals surface area (Å²) in [6.07, 6.45) is 2.82. The molecule has 0 amide bonds. The number of hydrogen-bond acceptors (Lipinski definition) is 3. The summed E-state index contributed by atoms with van der Waals surface area (Å²) < 4.78 is 27.0. The molecule has 112 valence electrons. The smallest absolute Gasteiger partial charge is 0.243 e. The highest BCUT2D eigenvalue weighted by molar-refractivity contribution is 7.89. The summed E-state index contributed by atoms with van der Waals surface area (Å²) in [6, 6.07) is 5.63. The number of sulfonamides is 1. The molecule has 0 bridgehead atoms. The van der Waals surface area contributed by atoms with E-state index in [1.165, 1.54) is 5.56 Å². The predicted molar refractivity (Wildman–Crippen MR) is 81.2 cm³/mol. The number of nitrogens with one attached hydrogen (secondary N) is 1. The van der Waals surface area contributed by atoms with Gasteiger partial charge in [-0.25, -0.2) is 8.42 Å². The van der Waals surface area contributed by atoms with Gasteiger partial charge in [-0.15, -0.1) is 0 Å². The number of nitrogens with zero attached hydrogens (tertiary/aromatic N) is 1. The lowest BCUT2D eigenvalue weighted by Gasteiger charge is -2.21. The van der Waals surface area contributed by atoms with Gasteiger partial charge < -0.3 is 5.32 Å². The molecule has 5 heteroatoms. The summed E-state index contributed by atoms with van der Waals surface area (Å²) in [5.74, 6) is 0. The van der Waals surface area contributed by atoms with Crippen LogP contribution >= 0.6 is 0 Å². The lowest BCUT2D eigenvalue weighted by Crippen LogP contribution is -2.33. The lowest BCUT2D eigenvalue weighted by atomic mass is 10.1. The third kappa shape index (κ3) is 2.90. The first kappa shape index (κ1) is 15.5. The fourth-order valence-electron chi connectivity index (χ4n) is 2.86. The molecule has 1 atom stereocenters. The molecule has 1 unspecified atom stereocenters. The van der Waals surface area contributed by atoms with Gasteiger partial charge >= 0.3 is 0 Å². The molecule has 0 aliphatic carbocycles. The minimum absolute atomic E-state index is 0.110. The number of aryl methyl sites for hydroxylation is 1. The maximum absolute atomic E-state index is 12.7. The molecule has 1 aliphatic heterocycles. The van der Waals surface area contributed by atoms with Crippen molar-refractivity contribution in [2.24, 2.45) is 0 Å². The molecule has 1 aliphatic rings. The van der Waals surface area contributed by atoms with Gasteiger partial charge in [0.25, 0.3) is 0 Å². The Bertz CT molecular complexity index is 569. The van der Waals surface area contributed by atoms with E-state index in [1.807, 2.05) is 26.1 Å². The fraction of sp³-hybridized carbons (Fsp3) is 0.600. The van der Waals surface area contributed by atoms with Crippen molar-refractivity contribution in [1.29, 1.82) is 0 Å². The summed E-state index contributed by atoms with van der Waals surface area (Å²) in [5.41, 5.74) is 2.27. The maximum Gasteiger partial charge on any atom is 0.243 e. The largest absolute Gasteiger partial charge is 0.316 e. The van der Waals surface area contributed by atoms with Crippen LogP contribution in [-0.4, -0.2) is 32.4 Å². The van der Waals surface area contributed by atoms with Crippen LogP contribution in [-0.2, 0) is 23.0 Å². The summed E-state index contributed by atoms with van der Waals surface area (Å²) in [6.45, 7) is 5.41. The van der Waals surface area contributed by atoms with Crippen LogP contribution in [0.1, 0.15) is 37.8 Å². The Morgan fingerprint density at radius 1 is 1.35 bits per heavy atom. The summed E-state index contributed by atoms with van der Waals surface area (Å²) in [7, 11) is -1.47. The first-order valence-corrected chi connectivity index (χ1v) is 8.73. The molecular formula is C15H24N2O2S. The second-order valence-electron chi connectivity index (χ2n) is 5.42. The van der Waals surface area contributed by atoms with E-state index in [9.17, 15) is 8.42 Å². The number of benzene rings is 1. The van der Waals surface area contributed by atoms with Crippen LogP contribution in [0.5, 0.6) is 0 Å². The molecule has 1 heterocycles. The van der Waals surface area contributed by atoms with Crippen molar-refractivity contribution >= 4 is 10.0 Å². The SMILES string of the molecule is CCc1ccc(S(=O)(=O)N2CCCC2C)cc1CNC. The van der Waals surface area contributed by atoms with Crippen molar-refractivity contribution in [3.8, 4) is 0 Å². The quantitative estimate of drug-likeness (QED) is 0.905. The van der Waals surface area contributed by atoms with Gasteiger partial charge in [-0.05, 0) is 56.5 Å². The molecule has 20 heavy (non-hydrogen) atoms. The zero-order valence-corrected chi connectivity index (χ0v) is 13.3. The minimum atomic E-state index is -3.35. The van der Waals surface area contributed by atoms with Crippen molar-refractivity contribution in [2.45, 2.75) is 50.6 Å². The van der Waals surface area contributed by atoms with Crippen molar-refractivity contribution in [3.63, 3.8) is 0 Å². The first-order chi connectivity index (χ1) is 9.50. The second-order valence-corrected chi connectivity index (χ2v) is 7.31. The number of hydrogen-bond donors (Lipinski definition) is 1. The molecule has 0 aromatic heterocycles. The van der Waals surface area contributed by atoms with Crippen molar-refractivity contribution in [2.75, 3.05) is 13.6 Å². The fourth-order valence-corrected chi connectivity index (χ4v) is 4.61. The molecule has 2 rings (SSSR count). The van der Waals surface area contributed by atoms with Gasteiger partial charge in [0.05, 0.1) is 4.90 Å². The van der Waals surface area contributed by atoms with Crippen LogP contribution in [0, 0.1) is 0 Å². The highest BCUT2D eigenvalue weighted by Gasteiger charge is 2.32. The van der Waals surface area contributed by atoms with Gasteiger partial charge in [0.1, 0.15) is 0 Å². The van der Waals surface area contributed by atoms with Crippen molar-refractivity contribution in [3.05, 3.63) is 29.3 Å². The standard InChI is InChI=1S/C15H24N2O2S/c1-4-13-7-8-15(10-14(13)11-16-3)20(18,19)17-9-5-6-12(17)2/h7-8,10,12,16H,4-6,9,11H2,1-3H3. The van der Waals surface area contributed by atoms with Gasteiger partial charge in [0, 0.05) is 19.1 Å². The molecule has 0 saturated carbocycles. The minimum Gasteiger partial charge on any atom is -0.316 e. The highest BCUT2D eigenvalue weighted by Crippen LogP contribution is 2.27. The van der Waals surface area contributed by atoms with Crippen LogP contribution < -0.4 is 5.32 Å². The van der Waals surface area contributed by atoms with Gasteiger partial charge in [0.2, 0.25) is 10.0 Å². The molecular weight excluding hydrogens is 272 g/mol. The second kappa shape index (κ2) is 6.24.